The molecule has 2 aromatic carbocycles. The van der Waals surface area contributed by atoms with Gasteiger partial charge in [0, 0.05) is 29.9 Å². The number of carbonyl (C=O) groups excluding carboxylic acids is 1. The molecule has 0 radical (unpaired) electrons. The minimum atomic E-state index is -4.18. The van der Waals surface area contributed by atoms with Crippen LogP contribution < -0.4 is 10.6 Å². The highest BCUT2D eigenvalue weighted by atomic mass is 19.4. The quantitative estimate of drug-likeness (QED) is 0.420. The largest absolute Gasteiger partial charge is 0.401 e. The summed E-state index contributed by atoms with van der Waals surface area (Å²) in [4.78, 5) is 18.5. The van der Waals surface area contributed by atoms with Crippen LogP contribution in [0.25, 0.3) is 11.4 Å². The number of piperidine rings is 1. The van der Waals surface area contributed by atoms with Crippen LogP contribution in [0.2, 0.25) is 0 Å². The lowest BCUT2D eigenvalue weighted by atomic mass is 9.87. The molecule has 10 heteroatoms. The van der Waals surface area contributed by atoms with E-state index in [0.29, 0.717) is 37.0 Å². The fraction of sp³-hybridized carbons (Fsp3) is 0.464. The number of nitrogens with one attached hydrogen (secondary N) is 2. The van der Waals surface area contributed by atoms with E-state index in [4.69, 9.17) is 10.1 Å². The van der Waals surface area contributed by atoms with Crippen LogP contribution in [0, 0.1) is 13.8 Å². The minimum Gasteiger partial charge on any atom is -0.345 e. The Kier molecular flexibility index (Phi) is 6.94. The van der Waals surface area contributed by atoms with Gasteiger partial charge in [-0.05, 0) is 93.5 Å². The lowest BCUT2D eigenvalue weighted by molar-refractivity contribution is -0.148. The number of halogens is 3. The van der Waals surface area contributed by atoms with E-state index in [1.165, 1.54) is 4.90 Å². The Hall–Kier alpha value is -3.40. The number of aryl methyl sites for hydroxylation is 3. The van der Waals surface area contributed by atoms with Crippen LogP contribution in [-0.4, -0.2) is 51.4 Å². The number of alkyl halides is 3. The van der Waals surface area contributed by atoms with Gasteiger partial charge in [-0.25, -0.2) is 4.68 Å². The summed E-state index contributed by atoms with van der Waals surface area (Å²) >= 11 is 0. The van der Waals surface area contributed by atoms with Crippen molar-refractivity contribution in [3.63, 3.8) is 0 Å². The second-order valence-electron chi connectivity index (χ2n) is 10.4. The molecule has 1 aromatic heterocycles. The zero-order valence-corrected chi connectivity index (χ0v) is 22.1. The van der Waals surface area contributed by atoms with Crippen LogP contribution in [0.5, 0.6) is 0 Å². The predicted molar refractivity (Wildman–Crippen MR) is 141 cm³/mol. The fourth-order valence-electron chi connectivity index (χ4n) is 5.64. The van der Waals surface area contributed by atoms with Crippen molar-refractivity contribution >= 4 is 17.5 Å². The van der Waals surface area contributed by atoms with Crippen molar-refractivity contribution < 1.29 is 18.0 Å². The topological polar surface area (TPSA) is 75.1 Å². The van der Waals surface area contributed by atoms with E-state index in [0.717, 1.165) is 46.3 Å². The number of rotatable bonds is 6. The Bertz CT molecular complexity index is 1370. The summed E-state index contributed by atoms with van der Waals surface area (Å²) in [5, 5.41) is 11.0. The molecule has 5 rings (SSSR count). The number of benzene rings is 2. The summed E-state index contributed by atoms with van der Waals surface area (Å²) in [6.07, 6.45) is -2.54. The molecule has 2 unspecified atom stereocenters. The number of carbonyl (C=O) groups is 1. The van der Waals surface area contributed by atoms with Crippen LogP contribution >= 0.6 is 0 Å². The van der Waals surface area contributed by atoms with Crippen molar-refractivity contribution in [2.75, 3.05) is 25.0 Å². The van der Waals surface area contributed by atoms with Gasteiger partial charge in [0.15, 0.2) is 5.82 Å². The smallest absolute Gasteiger partial charge is 0.345 e. The first kappa shape index (κ1) is 26.2. The zero-order valence-electron chi connectivity index (χ0n) is 22.1. The van der Waals surface area contributed by atoms with E-state index in [-0.39, 0.29) is 17.9 Å². The molecule has 0 aliphatic carbocycles. The first-order valence-corrected chi connectivity index (χ1v) is 13.1. The molecule has 1 amide bonds. The Morgan fingerprint density at radius 3 is 2.63 bits per heavy atom. The molecule has 2 aliphatic heterocycles. The molecule has 0 saturated carbocycles. The molecule has 202 valence electrons. The van der Waals surface area contributed by atoms with E-state index >= 15 is 0 Å². The molecular weight excluding hydrogens is 493 g/mol. The molecule has 38 heavy (non-hydrogen) atoms. The van der Waals surface area contributed by atoms with E-state index in [2.05, 4.69) is 10.6 Å². The Labute approximate surface area is 220 Å². The normalized spacial score (nSPS) is 19.9. The monoisotopic (exact) mass is 526 g/mol. The van der Waals surface area contributed by atoms with Gasteiger partial charge < -0.3 is 10.6 Å². The third kappa shape index (κ3) is 5.27. The maximum atomic E-state index is 12.9. The highest BCUT2D eigenvalue weighted by molar-refractivity contribution is 6.00. The number of hydrogen-bond donors (Lipinski definition) is 2. The summed E-state index contributed by atoms with van der Waals surface area (Å²) in [5.74, 6) is 1.20. The van der Waals surface area contributed by atoms with Gasteiger partial charge in [-0.3, -0.25) is 9.69 Å². The summed E-state index contributed by atoms with van der Waals surface area (Å²) in [6.45, 7) is 8.56. The van der Waals surface area contributed by atoms with Crippen molar-refractivity contribution in [2.45, 2.75) is 65.2 Å². The number of anilines is 2. The summed E-state index contributed by atoms with van der Waals surface area (Å²) in [6, 6.07) is 9.84. The number of amides is 1. The van der Waals surface area contributed by atoms with E-state index < -0.39 is 12.7 Å². The molecule has 0 bridgehead atoms. The molecule has 3 aromatic rings. The first-order chi connectivity index (χ1) is 18.0. The van der Waals surface area contributed by atoms with Gasteiger partial charge in [-0.1, -0.05) is 12.1 Å². The molecule has 1 saturated heterocycles. The standard InChI is InChI=1S/C28H33F3N6O/c1-5-37-27(33-24-13-22-18(4)32-26(38)23(22)12-17(24)3)34-25(35-37)19-8-9-21(16(2)11-19)20-7-6-10-36(14-20)15-28(29,30)31/h8-9,11-13,18,20H,5-7,10,14-15H2,1-4H3,(H,32,38)(H,33,34,35). The molecule has 0 spiro atoms. The molecule has 7 nitrogen and oxygen atoms in total. The fourth-order valence-corrected chi connectivity index (χ4v) is 5.64. The summed E-state index contributed by atoms with van der Waals surface area (Å²) in [5.41, 5.74) is 6.44. The lowest BCUT2D eigenvalue weighted by Crippen LogP contribution is -2.40. The van der Waals surface area contributed by atoms with E-state index in [1.807, 2.05) is 58.0 Å². The average Bonchev–Trinajstić information content (AvgIpc) is 3.38. The van der Waals surface area contributed by atoms with Gasteiger partial charge in [0.25, 0.3) is 5.91 Å². The van der Waals surface area contributed by atoms with Gasteiger partial charge in [0.05, 0.1) is 12.6 Å². The van der Waals surface area contributed by atoms with Crippen molar-refractivity contribution in [2.24, 2.45) is 0 Å². The van der Waals surface area contributed by atoms with Gasteiger partial charge in [0.2, 0.25) is 5.95 Å². The van der Waals surface area contributed by atoms with Crippen LogP contribution in [-0.2, 0) is 6.54 Å². The third-order valence-corrected chi connectivity index (χ3v) is 7.55. The zero-order chi connectivity index (χ0) is 27.2. The summed E-state index contributed by atoms with van der Waals surface area (Å²) in [7, 11) is 0. The van der Waals surface area contributed by atoms with Crippen LogP contribution in [0.1, 0.15) is 71.3 Å². The second kappa shape index (κ2) is 10.1. The highest BCUT2D eigenvalue weighted by Crippen LogP contribution is 2.34. The Balaban J connectivity index is 1.37. The summed E-state index contributed by atoms with van der Waals surface area (Å²) < 4.78 is 40.6. The number of aromatic nitrogens is 3. The first-order valence-electron chi connectivity index (χ1n) is 13.1. The molecule has 2 aliphatic rings. The number of hydrogen-bond acceptors (Lipinski definition) is 5. The van der Waals surface area contributed by atoms with Crippen molar-refractivity contribution in [3.8, 4) is 11.4 Å². The van der Waals surface area contributed by atoms with Gasteiger partial charge in [-0.15, -0.1) is 5.10 Å². The maximum Gasteiger partial charge on any atom is 0.401 e. The van der Waals surface area contributed by atoms with Gasteiger partial charge in [0.1, 0.15) is 0 Å². The van der Waals surface area contributed by atoms with Crippen molar-refractivity contribution in [3.05, 3.63) is 58.1 Å². The molecule has 2 N–H and O–H groups in total. The second-order valence-corrected chi connectivity index (χ2v) is 10.4. The molecular formula is C28H33F3N6O. The van der Waals surface area contributed by atoms with Gasteiger partial charge >= 0.3 is 6.18 Å². The Morgan fingerprint density at radius 1 is 1.13 bits per heavy atom. The lowest BCUT2D eigenvalue weighted by Gasteiger charge is -2.34. The van der Waals surface area contributed by atoms with Crippen LogP contribution in [0.4, 0.5) is 24.8 Å². The number of nitrogens with zero attached hydrogens (tertiary/aromatic N) is 4. The van der Waals surface area contributed by atoms with Gasteiger partial charge in [-0.2, -0.15) is 18.2 Å². The highest BCUT2D eigenvalue weighted by Gasteiger charge is 2.33. The van der Waals surface area contributed by atoms with E-state index in [1.54, 1.807) is 4.68 Å². The van der Waals surface area contributed by atoms with Crippen molar-refractivity contribution in [1.29, 1.82) is 0 Å². The Morgan fingerprint density at radius 2 is 1.92 bits per heavy atom. The molecule has 2 atom stereocenters. The van der Waals surface area contributed by atoms with Crippen LogP contribution in [0.3, 0.4) is 0 Å². The van der Waals surface area contributed by atoms with Crippen LogP contribution in [0.15, 0.2) is 30.3 Å². The van der Waals surface area contributed by atoms with E-state index in [9.17, 15) is 18.0 Å². The number of fused-ring (bicyclic) bond motifs is 1. The molecule has 3 heterocycles. The number of likely N-dealkylation sites (tertiary alicyclic amines) is 1. The predicted octanol–water partition coefficient (Wildman–Crippen LogP) is 5.87. The maximum absolute atomic E-state index is 12.9. The average molecular weight is 527 g/mol. The SMILES string of the molecule is CCn1nc(-c2ccc(C3CCCN(CC(F)(F)F)C3)c(C)c2)nc1Nc1cc2c(cc1C)C(=O)NC2C. The molecule has 1 fully saturated rings. The third-order valence-electron chi connectivity index (χ3n) is 7.55. The minimum absolute atomic E-state index is 0.0514. The van der Waals surface area contributed by atoms with Crippen molar-refractivity contribution in [1.82, 2.24) is 25.0 Å².